The molecule has 0 fully saturated rings. The molecular weight excluding hydrogens is 613 g/mol. The van der Waals surface area contributed by atoms with Gasteiger partial charge >= 0.3 is 53.7 Å². The highest BCUT2D eigenvalue weighted by Crippen LogP contribution is 2.61. The summed E-state index contributed by atoms with van der Waals surface area (Å²) in [7, 11) is 0.556. The van der Waals surface area contributed by atoms with Crippen LogP contribution < -0.4 is 9.47 Å². The molecule has 0 aliphatic heterocycles. The minimum absolute atomic E-state index is 0.0668. The first-order valence-electron chi connectivity index (χ1n) is 9.07. The first-order valence-corrected chi connectivity index (χ1v) is 9.07. The molecule has 0 atom stereocenters. The molecule has 0 unspecified atom stereocenters. The number of rotatable bonds is 10. The Morgan fingerprint density at radius 3 is 1.52 bits per heavy atom. The third kappa shape index (κ3) is 5.17. The van der Waals surface area contributed by atoms with E-state index in [1.165, 1.54) is 0 Å². The summed E-state index contributed by atoms with van der Waals surface area (Å²) in [4.78, 5) is 33.9. The molecule has 40 heavy (non-hydrogen) atoms. The van der Waals surface area contributed by atoms with Crippen LogP contribution in [-0.2, 0) is 4.79 Å². The van der Waals surface area contributed by atoms with E-state index in [-0.39, 0.29) is 6.07 Å². The zero-order valence-electron chi connectivity index (χ0n) is 18.3. The number of alkyl halides is 13. The van der Waals surface area contributed by atoms with Crippen LogP contribution >= 0.6 is 0 Å². The second-order valence-corrected chi connectivity index (χ2v) is 7.05. The molecule has 0 aliphatic rings. The molecule has 1 rings (SSSR count). The Kier molecular flexibility index (Phi) is 8.76. The molecule has 1 aromatic carbocycles. The third-order valence-electron chi connectivity index (χ3n) is 4.52. The van der Waals surface area contributed by atoms with Crippen LogP contribution in [0.4, 0.5) is 65.9 Å². The second-order valence-electron chi connectivity index (χ2n) is 7.05. The summed E-state index contributed by atoms with van der Waals surface area (Å²) >= 11 is 0. The normalized spacial score (nSPS) is 14.4. The Morgan fingerprint density at radius 2 is 1.15 bits per heavy atom. The van der Waals surface area contributed by atoms with Gasteiger partial charge in [0.15, 0.2) is 11.5 Å². The van der Waals surface area contributed by atoms with E-state index in [0.29, 0.717) is 13.2 Å². The Morgan fingerprint density at radius 1 is 0.700 bits per heavy atom. The van der Waals surface area contributed by atoms with E-state index in [1.807, 2.05) is 0 Å². The number of aromatic carboxylic acids is 2. The van der Waals surface area contributed by atoms with Gasteiger partial charge in [0.1, 0.15) is 5.56 Å². The van der Waals surface area contributed by atoms with Gasteiger partial charge in [-0.3, -0.25) is 0 Å². The summed E-state index contributed by atoms with van der Waals surface area (Å²) in [6.07, 6.45) is -7.77. The fraction of sp³-hybridized carbons (Fsp3) is 0.389. The van der Waals surface area contributed by atoms with Crippen LogP contribution in [0.1, 0.15) is 20.7 Å². The SMILES string of the molecule is COc1c(OC(=O)C(F)=C(F)C(F)(F)C(F)(F)C(F)(F)C(F)(F)C(F)(F)C(F)(F)F)cc(C(=O)O)cc1C(=O)O. The first-order chi connectivity index (χ1) is 17.6. The maximum atomic E-state index is 13.9. The quantitative estimate of drug-likeness (QED) is 0.145. The van der Waals surface area contributed by atoms with E-state index in [4.69, 9.17) is 10.2 Å². The molecule has 226 valence electrons. The topological polar surface area (TPSA) is 110 Å². The van der Waals surface area contributed by atoms with Gasteiger partial charge in [0.2, 0.25) is 11.7 Å². The Balaban J connectivity index is 3.70. The highest BCUT2D eigenvalue weighted by molar-refractivity contribution is 5.98. The van der Waals surface area contributed by atoms with Crippen molar-refractivity contribution >= 4 is 17.9 Å². The lowest BCUT2D eigenvalue weighted by molar-refractivity contribution is -0.437. The molecule has 0 heterocycles. The molecule has 0 saturated heterocycles. The molecule has 0 spiro atoms. The maximum absolute atomic E-state index is 13.9. The number of carbonyl (C=O) groups excluding carboxylic acids is 1. The van der Waals surface area contributed by atoms with Gasteiger partial charge in [-0.25, -0.2) is 18.8 Å². The number of carboxylic acids is 2. The summed E-state index contributed by atoms with van der Waals surface area (Å²) in [6.45, 7) is 0. The van der Waals surface area contributed by atoms with Crippen molar-refractivity contribution in [2.45, 2.75) is 35.8 Å². The molecule has 22 heteroatoms. The maximum Gasteiger partial charge on any atom is 0.460 e. The Hall–Kier alpha value is -3.88. The largest absolute Gasteiger partial charge is 0.492 e. The van der Waals surface area contributed by atoms with Gasteiger partial charge in [0.05, 0.1) is 12.7 Å². The smallest absolute Gasteiger partial charge is 0.460 e. The lowest BCUT2D eigenvalue weighted by Crippen LogP contribution is -2.70. The molecule has 0 bridgehead atoms. The average Bonchev–Trinajstić information content (AvgIpc) is 2.80. The van der Waals surface area contributed by atoms with E-state index in [0.717, 1.165) is 0 Å². The van der Waals surface area contributed by atoms with Gasteiger partial charge in [-0.1, -0.05) is 0 Å². The lowest BCUT2D eigenvalue weighted by Gasteiger charge is -2.39. The Labute approximate surface area is 208 Å². The number of ether oxygens (including phenoxy) is 2. The van der Waals surface area contributed by atoms with Crippen LogP contribution in [0, 0.1) is 0 Å². The summed E-state index contributed by atoms with van der Waals surface area (Å²) < 4.78 is 206. The lowest BCUT2D eigenvalue weighted by atomic mass is 9.93. The van der Waals surface area contributed by atoms with Crippen molar-refractivity contribution in [3.05, 3.63) is 34.9 Å². The molecule has 0 aromatic heterocycles. The van der Waals surface area contributed by atoms with Gasteiger partial charge in [-0.05, 0) is 12.1 Å². The molecule has 1 aromatic rings. The summed E-state index contributed by atoms with van der Waals surface area (Å²) in [6, 6.07) is 0.360. The van der Waals surface area contributed by atoms with Crippen LogP contribution in [0.5, 0.6) is 11.5 Å². The number of hydrogen-bond donors (Lipinski definition) is 2. The zero-order valence-corrected chi connectivity index (χ0v) is 18.3. The van der Waals surface area contributed by atoms with E-state index in [1.54, 1.807) is 0 Å². The monoisotopic (exact) mass is 620 g/mol. The average molecular weight is 620 g/mol. The third-order valence-corrected chi connectivity index (χ3v) is 4.52. The number of hydrogen-bond acceptors (Lipinski definition) is 5. The van der Waals surface area contributed by atoms with Crippen molar-refractivity contribution in [3.8, 4) is 11.5 Å². The van der Waals surface area contributed by atoms with Crippen molar-refractivity contribution < 1.29 is 99.9 Å². The molecule has 0 radical (unpaired) electrons. The van der Waals surface area contributed by atoms with E-state index in [9.17, 15) is 80.2 Å². The minimum Gasteiger partial charge on any atom is -0.492 e. The number of methoxy groups -OCH3 is 1. The van der Waals surface area contributed by atoms with Gasteiger partial charge in [-0.2, -0.15) is 61.5 Å². The molecule has 2 N–H and O–H groups in total. The summed E-state index contributed by atoms with van der Waals surface area (Å²) in [5.41, 5.74) is -2.39. The Bertz CT molecular complexity index is 1230. The van der Waals surface area contributed by atoms with Crippen LogP contribution in [0.25, 0.3) is 0 Å². The number of carbonyl (C=O) groups is 3. The number of allylic oxidation sites excluding steroid dienone is 1. The number of benzene rings is 1. The van der Waals surface area contributed by atoms with Crippen molar-refractivity contribution in [2.75, 3.05) is 7.11 Å². The molecular formula is C18H7F15O7. The first kappa shape index (κ1) is 34.1. The van der Waals surface area contributed by atoms with Crippen molar-refractivity contribution in [3.63, 3.8) is 0 Å². The van der Waals surface area contributed by atoms with Gasteiger partial charge in [0.25, 0.3) is 0 Å². The van der Waals surface area contributed by atoms with Crippen LogP contribution in [0.2, 0.25) is 0 Å². The number of halogens is 15. The fourth-order valence-corrected chi connectivity index (χ4v) is 2.45. The van der Waals surface area contributed by atoms with Crippen LogP contribution in [0.15, 0.2) is 23.8 Å². The van der Waals surface area contributed by atoms with Crippen LogP contribution in [0.3, 0.4) is 0 Å². The standard InChI is InChI=1S/C18H7F15O7/c1-39-8-5(11(36)37)2-4(10(34)35)3-6(8)40-12(38)7(19)9(20)13(21,22)14(23,24)15(25,26)16(27,28)17(29,30)18(31,32)33/h2-3H,1H3,(H,34,35)(H,36,37). The minimum atomic E-state index is -8.51. The van der Waals surface area contributed by atoms with Gasteiger partial charge < -0.3 is 19.7 Å². The van der Waals surface area contributed by atoms with E-state index in [2.05, 4.69) is 9.47 Å². The predicted molar refractivity (Wildman–Crippen MR) is 92.6 cm³/mol. The molecule has 0 aliphatic carbocycles. The van der Waals surface area contributed by atoms with Crippen molar-refractivity contribution in [2.24, 2.45) is 0 Å². The number of esters is 1. The summed E-state index contributed by atoms with van der Waals surface area (Å²) in [5, 5.41) is 17.9. The zero-order chi connectivity index (χ0) is 32.0. The number of carboxylic acid groups (broad SMARTS) is 2. The van der Waals surface area contributed by atoms with Gasteiger partial charge in [-0.15, -0.1) is 0 Å². The molecule has 7 nitrogen and oxygen atoms in total. The molecule has 0 amide bonds. The van der Waals surface area contributed by atoms with Crippen molar-refractivity contribution in [1.82, 2.24) is 0 Å². The molecule has 0 saturated carbocycles. The van der Waals surface area contributed by atoms with Crippen molar-refractivity contribution in [1.29, 1.82) is 0 Å². The second kappa shape index (κ2) is 10.3. The van der Waals surface area contributed by atoms with Crippen LogP contribution in [-0.4, -0.2) is 71.0 Å². The van der Waals surface area contributed by atoms with Gasteiger partial charge in [0, 0.05) is 0 Å². The van der Waals surface area contributed by atoms with E-state index < -0.39 is 88.0 Å². The summed E-state index contributed by atoms with van der Waals surface area (Å²) in [5.74, 6) is -60.3. The van der Waals surface area contributed by atoms with E-state index >= 15 is 0 Å². The predicted octanol–water partition coefficient (Wildman–Crippen LogP) is 5.89. The highest BCUT2D eigenvalue weighted by atomic mass is 19.4. The highest BCUT2D eigenvalue weighted by Gasteiger charge is 2.91. The fourth-order valence-electron chi connectivity index (χ4n) is 2.45.